The zero-order chi connectivity index (χ0) is 10.0. The van der Waals surface area contributed by atoms with Gasteiger partial charge in [0.15, 0.2) is 0 Å². The summed E-state index contributed by atoms with van der Waals surface area (Å²) in [5.41, 5.74) is 5.55. The molecule has 1 amide bonds. The van der Waals surface area contributed by atoms with Gasteiger partial charge in [0.25, 0.3) is 0 Å². The Morgan fingerprint density at radius 2 is 2.14 bits per heavy atom. The highest BCUT2D eigenvalue weighted by atomic mass is 32.2. The maximum absolute atomic E-state index is 12.1. The maximum Gasteiger partial charge on any atom is 0.243 e. The summed E-state index contributed by atoms with van der Waals surface area (Å²) in [6.07, 6.45) is 1.54. The van der Waals surface area contributed by atoms with Crippen molar-refractivity contribution in [3.63, 3.8) is 0 Å². The van der Waals surface area contributed by atoms with Gasteiger partial charge in [-0.3, -0.25) is 4.79 Å². The molecule has 14 heavy (non-hydrogen) atoms. The number of rotatable bonds is 1. The van der Waals surface area contributed by atoms with E-state index in [0.717, 1.165) is 44.1 Å². The van der Waals surface area contributed by atoms with Crippen LogP contribution >= 0.6 is 11.8 Å². The van der Waals surface area contributed by atoms with Crippen molar-refractivity contribution in [1.82, 2.24) is 10.2 Å². The molecule has 0 unspecified atom stereocenters. The van der Waals surface area contributed by atoms with E-state index >= 15 is 0 Å². The van der Waals surface area contributed by atoms with Crippen LogP contribution in [0.1, 0.15) is 12.8 Å². The van der Waals surface area contributed by atoms with Gasteiger partial charge in [-0.05, 0) is 25.9 Å². The molecule has 2 aliphatic rings. The van der Waals surface area contributed by atoms with E-state index in [9.17, 15) is 4.79 Å². The third kappa shape index (κ3) is 1.89. The highest BCUT2D eigenvalue weighted by Crippen LogP contribution is 2.22. The van der Waals surface area contributed by atoms with Crippen LogP contribution in [0.5, 0.6) is 0 Å². The Labute approximate surface area is 88.6 Å². The van der Waals surface area contributed by atoms with Gasteiger partial charge in [0, 0.05) is 12.3 Å². The van der Waals surface area contributed by atoms with Crippen molar-refractivity contribution in [3.8, 4) is 0 Å². The largest absolute Gasteiger partial charge is 0.331 e. The van der Waals surface area contributed by atoms with Crippen LogP contribution in [0.3, 0.4) is 0 Å². The highest BCUT2D eigenvalue weighted by molar-refractivity contribution is 7.99. The number of hydrogen-bond acceptors (Lipinski definition) is 4. The predicted molar refractivity (Wildman–Crippen MR) is 58.1 cm³/mol. The molecular weight excluding hydrogens is 198 g/mol. The number of hydrogen-bond donors (Lipinski definition) is 2. The zero-order valence-corrected chi connectivity index (χ0v) is 9.11. The molecule has 0 aromatic carbocycles. The van der Waals surface area contributed by atoms with Crippen LogP contribution in [0.2, 0.25) is 0 Å². The van der Waals surface area contributed by atoms with Gasteiger partial charge >= 0.3 is 0 Å². The van der Waals surface area contributed by atoms with Crippen molar-refractivity contribution in [2.24, 2.45) is 5.73 Å². The zero-order valence-electron chi connectivity index (χ0n) is 8.29. The second kappa shape index (κ2) is 4.08. The number of carbonyl (C=O) groups is 1. The molecular formula is C9H17N3OS. The first-order chi connectivity index (χ1) is 6.72. The summed E-state index contributed by atoms with van der Waals surface area (Å²) >= 11 is 1.81. The molecule has 2 rings (SSSR count). The van der Waals surface area contributed by atoms with E-state index in [0.29, 0.717) is 0 Å². The highest BCUT2D eigenvalue weighted by Gasteiger charge is 2.39. The summed E-state index contributed by atoms with van der Waals surface area (Å²) in [6.45, 7) is 2.60. The maximum atomic E-state index is 12.1. The number of nitrogens with zero attached hydrogens (tertiary/aromatic N) is 1. The smallest absolute Gasteiger partial charge is 0.243 e. The van der Waals surface area contributed by atoms with E-state index in [1.54, 1.807) is 0 Å². The van der Waals surface area contributed by atoms with Crippen molar-refractivity contribution in [2.45, 2.75) is 18.4 Å². The summed E-state index contributed by atoms with van der Waals surface area (Å²) in [7, 11) is 0. The van der Waals surface area contributed by atoms with Crippen molar-refractivity contribution >= 4 is 17.7 Å². The fraction of sp³-hybridized carbons (Fsp3) is 0.889. The lowest BCUT2D eigenvalue weighted by Gasteiger charge is -2.35. The Morgan fingerprint density at radius 3 is 2.71 bits per heavy atom. The quantitative estimate of drug-likeness (QED) is 0.625. The van der Waals surface area contributed by atoms with E-state index in [1.165, 1.54) is 0 Å². The van der Waals surface area contributed by atoms with Gasteiger partial charge in [-0.15, -0.1) is 11.8 Å². The number of carbonyl (C=O) groups excluding carboxylic acids is 1. The minimum Gasteiger partial charge on any atom is -0.331 e. The molecule has 0 aromatic rings. The molecule has 3 N–H and O–H groups in total. The molecule has 5 heteroatoms. The number of amides is 1. The lowest BCUT2D eigenvalue weighted by molar-refractivity contribution is -0.136. The number of nitrogens with one attached hydrogen (secondary N) is 1. The standard InChI is InChI=1S/C9H17N3OS/c10-9(1-3-11-4-2-9)8(13)12-5-6-14-7-12/h11H,1-7,10H2. The second-order valence-corrected chi connectivity index (χ2v) is 5.09. The molecule has 80 valence electrons. The van der Waals surface area contributed by atoms with E-state index in [4.69, 9.17) is 5.73 Å². The van der Waals surface area contributed by atoms with Crippen LogP contribution in [0, 0.1) is 0 Å². The van der Waals surface area contributed by atoms with Crippen LogP contribution < -0.4 is 11.1 Å². The van der Waals surface area contributed by atoms with Crippen molar-refractivity contribution < 1.29 is 4.79 Å². The first-order valence-corrected chi connectivity index (χ1v) is 6.25. The van der Waals surface area contributed by atoms with Crippen molar-refractivity contribution in [1.29, 1.82) is 0 Å². The summed E-state index contributed by atoms with van der Waals surface area (Å²) in [5, 5.41) is 3.23. The summed E-state index contributed by atoms with van der Waals surface area (Å²) in [5.74, 6) is 2.04. The van der Waals surface area contributed by atoms with E-state index in [2.05, 4.69) is 5.32 Å². The van der Waals surface area contributed by atoms with E-state index < -0.39 is 5.54 Å². The van der Waals surface area contributed by atoms with Crippen LogP contribution in [0.15, 0.2) is 0 Å². The first-order valence-electron chi connectivity index (χ1n) is 5.09. The Kier molecular flexibility index (Phi) is 2.99. The molecule has 2 aliphatic heterocycles. The second-order valence-electron chi connectivity index (χ2n) is 4.01. The summed E-state index contributed by atoms with van der Waals surface area (Å²) in [4.78, 5) is 14.0. The van der Waals surface area contributed by atoms with Crippen LogP contribution in [0.4, 0.5) is 0 Å². The van der Waals surface area contributed by atoms with Crippen molar-refractivity contribution in [3.05, 3.63) is 0 Å². The molecule has 2 saturated heterocycles. The molecule has 0 bridgehead atoms. The van der Waals surface area contributed by atoms with Gasteiger partial charge in [-0.2, -0.15) is 0 Å². The molecule has 0 atom stereocenters. The molecule has 0 aromatic heterocycles. The Hall–Kier alpha value is -0.260. The fourth-order valence-corrected chi connectivity index (χ4v) is 2.92. The Morgan fingerprint density at radius 1 is 1.43 bits per heavy atom. The average Bonchev–Trinajstić information content (AvgIpc) is 2.70. The van der Waals surface area contributed by atoms with E-state index in [1.807, 2.05) is 16.7 Å². The molecule has 0 spiro atoms. The predicted octanol–water partition coefficient (Wildman–Crippen LogP) is -0.400. The minimum absolute atomic E-state index is 0.156. The van der Waals surface area contributed by atoms with Crippen LogP contribution in [0.25, 0.3) is 0 Å². The fourth-order valence-electron chi connectivity index (χ4n) is 1.98. The van der Waals surface area contributed by atoms with Gasteiger partial charge < -0.3 is 16.0 Å². The van der Waals surface area contributed by atoms with Crippen molar-refractivity contribution in [2.75, 3.05) is 31.3 Å². The van der Waals surface area contributed by atoms with Gasteiger partial charge in [-0.25, -0.2) is 0 Å². The molecule has 2 heterocycles. The van der Waals surface area contributed by atoms with Gasteiger partial charge in [-0.1, -0.05) is 0 Å². The Balaban J connectivity index is 2.00. The molecule has 2 fully saturated rings. The number of nitrogens with two attached hydrogens (primary N) is 1. The minimum atomic E-state index is -0.587. The van der Waals surface area contributed by atoms with E-state index in [-0.39, 0.29) is 5.91 Å². The topological polar surface area (TPSA) is 58.4 Å². The lowest BCUT2D eigenvalue weighted by Crippen LogP contribution is -2.59. The number of piperidine rings is 1. The van der Waals surface area contributed by atoms with Gasteiger partial charge in [0.05, 0.1) is 11.4 Å². The van der Waals surface area contributed by atoms with Crippen LogP contribution in [-0.2, 0) is 4.79 Å². The van der Waals surface area contributed by atoms with Crippen LogP contribution in [-0.4, -0.2) is 47.6 Å². The SMILES string of the molecule is NC1(C(=O)N2CCSC2)CCNCC1. The average molecular weight is 215 g/mol. The molecule has 0 aliphatic carbocycles. The monoisotopic (exact) mass is 215 g/mol. The number of thioether (sulfide) groups is 1. The Bertz CT molecular complexity index is 222. The molecule has 4 nitrogen and oxygen atoms in total. The summed E-state index contributed by atoms with van der Waals surface area (Å²) in [6, 6.07) is 0. The normalized spacial score (nSPS) is 26.5. The van der Waals surface area contributed by atoms with Gasteiger partial charge in [0.2, 0.25) is 5.91 Å². The lowest BCUT2D eigenvalue weighted by atomic mass is 9.88. The molecule has 0 radical (unpaired) electrons. The molecule has 0 saturated carbocycles. The third-order valence-electron chi connectivity index (χ3n) is 2.96. The third-order valence-corrected chi connectivity index (χ3v) is 3.93. The first kappa shape index (κ1) is 10.3. The van der Waals surface area contributed by atoms with Gasteiger partial charge in [0.1, 0.15) is 0 Å². The summed E-state index contributed by atoms with van der Waals surface area (Å²) < 4.78 is 0.